The summed E-state index contributed by atoms with van der Waals surface area (Å²) in [5, 5.41) is 4.34. The highest BCUT2D eigenvalue weighted by Gasteiger charge is 2.35. The van der Waals surface area contributed by atoms with Crippen molar-refractivity contribution in [3.8, 4) is 0 Å². The highest BCUT2D eigenvalue weighted by atomic mass is 32.1. The van der Waals surface area contributed by atoms with Gasteiger partial charge in [-0.25, -0.2) is 4.98 Å². The molecule has 28 heavy (non-hydrogen) atoms. The van der Waals surface area contributed by atoms with Crippen molar-refractivity contribution in [1.82, 2.24) is 9.97 Å². The first-order valence-corrected chi connectivity index (χ1v) is 9.46. The van der Waals surface area contributed by atoms with Crippen LogP contribution in [-0.4, -0.2) is 29.0 Å². The molecule has 3 aromatic rings. The number of nitrogens with one attached hydrogen (secondary N) is 2. The van der Waals surface area contributed by atoms with Crippen molar-refractivity contribution in [2.75, 3.05) is 23.3 Å². The number of thiazole rings is 1. The molecule has 2 N–H and O–H groups in total. The van der Waals surface area contributed by atoms with Gasteiger partial charge in [0.2, 0.25) is 5.43 Å². The maximum absolute atomic E-state index is 13.4. The number of amides is 1. The van der Waals surface area contributed by atoms with Crippen LogP contribution in [0.1, 0.15) is 28.8 Å². The highest BCUT2D eigenvalue weighted by Crippen LogP contribution is 2.35. The number of para-hydroxylation sites is 1. The second-order valence-corrected chi connectivity index (χ2v) is 7.28. The maximum atomic E-state index is 13.4. The first kappa shape index (κ1) is 18.5. The van der Waals surface area contributed by atoms with Gasteiger partial charge >= 0.3 is 6.18 Å². The molecule has 0 unspecified atom stereocenters. The number of hydrogen-bond acceptors (Lipinski definition) is 5. The molecule has 0 saturated carbocycles. The molecule has 1 aliphatic heterocycles. The molecule has 1 amide bonds. The minimum absolute atomic E-state index is 0.112. The molecule has 4 rings (SSSR count). The number of fused-ring (bicyclic) bond motifs is 1. The molecule has 6 nitrogen and oxygen atoms in total. The molecular formula is C18H15F3N4O2S. The van der Waals surface area contributed by atoms with E-state index < -0.39 is 23.1 Å². The molecule has 1 saturated heterocycles. The lowest BCUT2D eigenvalue weighted by atomic mass is 10.1. The molecule has 146 valence electrons. The number of rotatable bonds is 3. The highest BCUT2D eigenvalue weighted by molar-refractivity contribution is 7.13. The van der Waals surface area contributed by atoms with E-state index in [4.69, 9.17) is 0 Å². The van der Waals surface area contributed by atoms with Crippen LogP contribution in [0.25, 0.3) is 10.9 Å². The average molecular weight is 408 g/mol. The van der Waals surface area contributed by atoms with Gasteiger partial charge in [0.05, 0.1) is 11.1 Å². The lowest BCUT2D eigenvalue weighted by Crippen LogP contribution is -2.30. The van der Waals surface area contributed by atoms with Crippen molar-refractivity contribution >= 4 is 39.1 Å². The van der Waals surface area contributed by atoms with E-state index in [1.165, 1.54) is 29.7 Å². The van der Waals surface area contributed by atoms with Crippen molar-refractivity contribution in [3.05, 3.63) is 51.1 Å². The Kier molecular flexibility index (Phi) is 4.58. The molecule has 1 aliphatic rings. The first-order valence-electron chi connectivity index (χ1n) is 8.58. The van der Waals surface area contributed by atoms with Crippen molar-refractivity contribution in [2.24, 2.45) is 0 Å². The van der Waals surface area contributed by atoms with Crippen molar-refractivity contribution in [2.45, 2.75) is 19.0 Å². The van der Waals surface area contributed by atoms with E-state index in [1.807, 2.05) is 0 Å². The van der Waals surface area contributed by atoms with Crippen LogP contribution in [0.5, 0.6) is 0 Å². The van der Waals surface area contributed by atoms with E-state index in [0.29, 0.717) is 18.2 Å². The Morgan fingerprint density at radius 1 is 1.25 bits per heavy atom. The summed E-state index contributed by atoms with van der Waals surface area (Å²) < 4.78 is 40.3. The molecule has 0 aliphatic carbocycles. The number of halogens is 3. The predicted octanol–water partition coefficient (Wildman–Crippen LogP) is 3.86. The van der Waals surface area contributed by atoms with Crippen LogP contribution in [0.15, 0.2) is 34.6 Å². The summed E-state index contributed by atoms with van der Waals surface area (Å²) in [5.41, 5.74) is -2.19. The molecule has 1 aromatic carbocycles. The van der Waals surface area contributed by atoms with Gasteiger partial charge in [0.1, 0.15) is 11.4 Å². The molecule has 1 fully saturated rings. The van der Waals surface area contributed by atoms with Crippen LogP contribution in [-0.2, 0) is 6.18 Å². The largest absolute Gasteiger partial charge is 0.418 e. The zero-order valence-electron chi connectivity index (χ0n) is 14.5. The van der Waals surface area contributed by atoms with Crippen molar-refractivity contribution < 1.29 is 18.0 Å². The van der Waals surface area contributed by atoms with E-state index in [-0.39, 0.29) is 22.3 Å². The summed E-state index contributed by atoms with van der Waals surface area (Å²) in [6.45, 7) is 1.10. The zero-order valence-corrected chi connectivity index (χ0v) is 15.3. The van der Waals surface area contributed by atoms with Gasteiger partial charge in [-0.1, -0.05) is 6.07 Å². The standard InChI is InChI=1S/C18H15F3N4O2S/c19-18(20,21)11-5-3-4-10-13(11)23-15(25-7-1-2-8-25)12(14(10)26)16(27)24-17-22-6-9-28-17/h3-6,9H,1-2,7-8H2,(H,23,26)(H,22,24,27). The van der Waals surface area contributed by atoms with Crippen LogP contribution >= 0.6 is 11.3 Å². The quantitative estimate of drug-likeness (QED) is 0.690. The van der Waals surface area contributed by atoms with Crippen LogP contribution in [0.3, 0.4) is 0 Å². The fraction of sp³-hybridized carbons (Fsp3) is 0.278. The van der Waals surface area contributed by atoms with Gasteiger partial charge in [-0.2, -0.15) is 13.2 Å². The number of benzene rings is 1. The monoisotopic (exact) mass is 408 g/mol. The van der Waals surface area contributed by atoms with Gasteiger partial charge in [-0.05, 0) is 25.0 Å². The third-order valence-electron chi connectivity index (χ3n) is 4.62. The lowest BCUT2D eigenvalue weighted by molar-refractivity contribution is -0.136. The third kappa shape index (κ3) is 3.24. The number of aromatic nitrogens is 2. The van der Waals surface area contributed by atoms with Crippen LogP contribution in [0.4, 0.5) is 24.1 Å². The second kappa shape index (κ2) is 6.93. The number of anilines is 2. The van der Waals surface area contributed by atoms with Crippen molar-refractivity contribution in [1.29, 1.82) is 0 Å². The zero-order chi connectivity index (χ0) is 19.9. The number of carbonyl (C=O) groups excluding carboxylic acids is 1. The van der Waals surface area contributed by atoms with E-state index in [2.05, 4.69) is 15.3 Å². The van der Waals surface area contributed by atoms with Gasteiger partial charge in [0.25, 0.3) is 5.91 Å². The van der Waals surface area contributed by atoms with Crippen molar-refractivity contribution in [3.63, 3.8) is 0 Å². The molecule has 0 radical (unpaired) electrons. The Hall–Kier alpha value is -2.88. The normalized spacial score (nSPS) is 14.6. The number of H-pyrrole nitrogens is 1. The molecule has 0 spiro atoms. The Labute approximate surface area is 161 Å². The van der Waals surface area contributed by atoms with Gasteiger partial charge in [0, 0.05) is 30.1 Å². The van der Waals surface area contributed by atoms with Gasteiger partial charge in [-0.15, -0.1) is 11.3 Å². The number of aromatic amines is 1. The smallest absolute Gasteiger partial charge is 0.357 e. The second-order valence-electron chi connectivity index (χ2n) is 6.39. The number of carbonyl (C=O) groups is 1. The molecule has 10 heteroatoms. The molecular weight excluding hydrogens is 393 g/mol. The third-order valence-corrected chi connectivity index (χ3v) is 5.31. The average Bonchev–Trinajstić information content (AvgIpc) is 3.34. The van der Waals surface area contributed by atoms with E-state index in [0.717, 1.165) is 18.9 Å². The summed E-state index contributed by atoms with van der Waals surface area (Å²) in [4.78, 5) is 34.3. The Morgan fingerprint density at radius 2 is 2.00 bits per heavy atom. The van der Waals surface area contributed by atoms with Crippen LogP contribution in [0, 0.1) is 0 Å². The van der Waals surface area contributed by atoms with Crippen LogP contribution in [0.2, 0.25) is 0 Å². The Balaban J connectivity index is 1.94. The summed E-state index contributed by atoms with van der Waals surface area (Å²) in [7, 11) is 0. The molecule has 2 aromatic heterocycles. The Morgan fingerprint density at radius 3 is 2.64 bits per heavy atom. The molecule has 3 heterocycles. The van der Waals surface area contributed by atoms with E-state index in [1.54, 1.807) is 10.3 Å². The summed E-state index contributed by atoms with van der Waals surface area (Å²) in [6.07, 6.45) is -1.47. The van der Waals surface area contributed by atoms with Gasteiger partial charge in [-0.3, -0.25) is 14.9 Å². The summed E-state index contributed by atoms with van der Waals surface area (Å²) in [6, 6.07) is 3.37. The van der Waals surface area contributed by atoms with Gasteiger partial charge < -0.3 is 9.88 Å². The minimum Gasteiger partial charge on any atom is -0.357 e. The number of pyridine rings is 1. The van der Waals surface area contributed by atoms with E-state index in [9.17, 15) is 22.8 Å². The fourth-order valence-corrected chi connectivity index (χ4v) is 3.89. The number of hydrogen-bond donors (Lipinski definition) is 2. The number of alkyl halides is 3. The first-order chi connectivity index (χ1) is 13.4. The van der Waals surface area contributed by atoms with E-state index >= 15 is 0 Å². The fourth-order valence-electron chi connectivity index (χ4n) is 3.37. The molecule has 0 bridgehead atoms. The maximum Gasteiger partial charge on any atom is 0.418 e. The number of nitrogens with zero attached hydrogens (tertiary/aromatic N) is 2. The SMILES string of the molecule is O=C(Nc1nccs1)c1c(N2CCCC2)[nH]c2c(C(F)(F)F)cccc2c1=O. The minimum atomic E-state index is -4.63. The summed E-state index contributed by atoms with van der Waals surface area (Å²) >= 11 is 1.18. The summed E-state index contributed by atoms with van der Waals surface area (Å²) in [5.74, 6) is -0.585. The Bertz CT molecular complexity index is 1090. The topological polar surface area (TPSA) is 78.1 Å². The lowest BCUT2D eigenvalue weighted by Gasteiger charge is -2.22. The predicted molar refractivity (Wildman–Crippen MR) is 101 cm³/mol. The van der Waals surface area contributed by atoms with Crippen LogP contribution < -0.4 is 15.6 Å². The molecule has 0 atom stereocenters. The van der Waals surface area contributed by atoms with Gasteiger partial charge in [0.15, 0.2) is 5.13 Å².